The molecule has 1 aliphatic carbocycles. The maximum absolute atomic E-state index is 11.4. The lowest BCUT2D eigenvalue weighted by Gasteiger charge is -2.26. The number of benzene rings is 1. The number of fused-ring (bicyclic) bond motifs is 1. The van der Waals surface area contributed by atoms with E-state index in [-0.39, 0.29) is 11.8 Å². The molecule has 0 spiro atoms. The molecule has 2 N–H and O–H groups in total. The molecule has 0 saturated carbocycles. The van der Waals surface area contributed by atoms with Gasteiger partial charge in [0.15, 0.2) is 0 Å². The van der Waals surface area contributed by atoms with Crippen LogP contribution in [0.1, 0.15) is 41.0 Å². The molecule has 0 aromatic heterocycles. The lowest BCUT2D eigenvalue weighted by atomic mass is 9.79. The van der Waals surface area contributed by atoms with Crippen LogP contribution in [0.3, 0.4) is 0 Å². The van der Waals surface area contributed by atoms with Crippen LogP contribution in [0.2, 0.25) is 0 Å². The summed E-state index contributed by atoms with van der Waals surface area (Å²) in [6, 6.07) is 4.28. The molecule has 0 saturated heterocycles. The Morgan fingerprint density at radius 3 is 2.80 bits per heavy atom. The molecular weight excluding hydrogens is 186 g/mol. The van der Waals surface area contributed by atoms with Crippen LogP contribution in [0.25, 0.3) is 0 Å². The van der Waals surface area contributed by atoms with Crippen molar-refractivity contribution in [3.63, 3.8) is 0 Å². The van der Waals surface area contributed by atoms with E-state index in [0.717, 1.165) is 19.3 Å². The van der Waals surface area contributed by atoms with Gasteiger partial charge in [-0.1, -0.05) is 12.1 Å². The van der Waals surface area contributed by atoms with Crippen molar-refractivity contribution in [3.05, 3.63) is 34.4 Å². The average molecular weight is 203 g/mol. The third-order valence-corrected chi connectivity index (χ3v) is 3.51. The van der Waals surface area contributed by atoms with Crippen LogP contribution in [0, 0.1) is 13.8 Å². The van der Waals surface area contributed by atoms with E-state index in [9.17, 15) is 4.79 Å². The Bertz CT molecular complexity index is 409. The van der Waals surface area contributed by atoms with Gasteiger partial charge in [-0.15, -0.1) is 0 Å². The zero-order chi connectivity index (χ0) is 11.0. The van der Waals surface area contributed by atoms with Gasteiger partial charge in [0.05, 0.1) is 5.92 Å². The van der Waals surface area contributed by atoms with Gasteiger partial charge in [0.25, 0.3) is 0 Å². The van der Waals surface area contributed by atoms with Crippen molar-refractivity contribution >= 4 is 5.91 Å². The van der Waals surface area contributed by atoms with Crippen LogP contribution in [-0.2, 0) is 11.2 Å². The number of amides is 1. The van der Waals surface area contributed by atoms with Gasteiger partial charge in [0.2, 0.25) is 5.91 Å². The van der Waals surface area contributed by atoms with E-state index in [2.05, 4.69) is 26.0 Å². The van der Waals surface area contributed by atoms with E-state index in [0.29, 0.717) is 0 Å². The van der Waals surface area contributed by atoms with Gasteiger partial charge in [-0.05, 0) is 55.4 Å². The summed E-state index contributed by atoms with van der Waals surface area (Å²) in [5, 5.41) is 0. The van der Waals surface area contributed by atoms with Crippen molar-refractivity contribution in [1.82, 2.24) is 0 Å². The van der Waals surface area contributed by atoms with E-state index < -0.39 is 0 Å². The molecular formula is C13H17NO. The second-order valence-corrected chi connectivity index (χ2v) is 4.43. The van der Waals surface area contributed by atoms with Crippen molar-refractivity contribution in [2.45, 2.75) is 39.0 Å². The van der Waals surface area contributed by atoms with Crippen LogP contribution in [0.4, 0.5) is 0 Å². The quantitative estimate of drug-likeness (QED) is 0.747. The van der Waals surface area contributed by atoms with E-state index in [4.69, 9.17) is 5.73 Å². The van der Waals surface area contributed by atoms with Gasteiger partial charge >= 0.3 is 0 Å². The van der Waals surface area contributed by atoms with Crippen molar-refractivity contribution < 1.29 is 4.79 Å². The molecule has 0 heterocycles. The second-order valence-electron chi connectivity index (χ2n) is 4.43. The topological polar surface area (TPSA) is 43.1 Å². The minimum absolute atomic E-state index is 0.0614. The maximum Gasteiger partial charge on any atom is 0.224 e. The Morgan fingerprint density at radius 1 is 1.40 bits per heavy atom. The summed E-state index contributed by atoms with van der Waals surface area (Å²) < 4.78 is 0. The molecule has 1 aromatic carbocycles. The predicted octanol–water partition coefficient (Wildman–Crippen LogP) is 2.21. The molecule has 2 heteroatoms. The van der Waals surface area contributed by atoms with E-state index in [1.807, 2.05) is 0 Å². The number of carbonyl (C=O) groups is 1. The molecule has 2 rings (SSSR count). The Balaban J connectivity index is 2.58. The smallest absolute Gasteiger partial charge is 0.224 e. The number of hydrogen-bond acceptors (Lipinski definition) is 1. The summed E-state index contributed by atoms with van der Waals surface area (Å²) in [4.78, 5) is 11.4. The van der Waals surface area contributed by atoms with Gasteiger partial charge in [0, 0.05) is 0 Å². The molecule has 0 bridgehead atoms. The third-order valence-electron chi connectivity index (χ3n) is 3.51. The molecule has 2 nitrogen and oxygen atoms in total. The van der Waals surface area contributed by atoms with Crippen molar-refractivity contribution in [1.29, 1.82) is 0 Å². The van der Waals surface area contributed by atoms with Crippen LogP contribution in [-0.4, -0.2) is 5.91 Å². The Morgan fingerprint density at radius 2 is 2.13 bits per heavy atom. The van der Waals surface area contributed by atoms with Crippen molar-refractivity contribution in [3.8, 4) is 0 Å². The highest BCUT2D eigenvalue weighted by molar-refractivity contribution is 5.83. The summed E-state index contributed by atoms with van der Waals surface area (Å²) in [6.07, 6.45) is 3.07. The zero-order valence-corrected chi connectivity index (χ0v) is 9.34. The molecule has 1 aliphatic rings. The lowest BCUT2D eigenvalue weighted by Crippen LogP contribution is -2.26. The summed E-state index contributed by atoms with van der Waals surface area (Å²) >= 11 is 0. The van der Waals surface area contributed by atoms with E-state index >= 15 is 0 Å². The summed E-state index contributed by atoms with van der Waals surface area (Å²) in [5.74, 6) is -0.238. The molecule has 1 atom stereocenters. The first kappa shape index (κ1) is 10.2. The molecule has 15 heavy (non-hydrogen) atoms. The fourth-order valence-electron chi connectivity index (χ4n) is 2.52. The lowest BCUT2D eigenvalue weighted by molar-refractivity contribution is -0.119. The number of aryl methyl sites for hydroxylation is 2. The van der Waals surface area contributed by atoms with Gasteiger partial charge < -0.3 is 5.73 Å². The zero-order valence-electron chi connectivity index (χ0n) is 9.34. The molecule has 1 unspecified atom stereocenters. The highest BCUT2D eigenvalue weighted by Gasteiger charge is 2.26. The van der Waals surface area contributed by atoms with Crippen LogP contribution in [0.5, 0.6) is 0 Å². The van der Waals surface area contributed by atoms with Gasteiger partial charge in [-0.25, -0.2) is 0 Å². The van der Waals surface area contributed by atoms with Crippen molar-refractivity contribution in [2.24, 2.45) is 5.73 Å². The van der Waals surface area contributed by atoms with Crippen molar-refractivity contribution in [2.75, 3.05) is 0 Å². The molecule has 1 aromatic rings. The summed E-state index contributed by atoms with van der Waals surface area (Å²) in [6.45, 7) is 4.18. The fraction of sp³-hybridized carbons (Fsp3) is 0.462. The van der Waals surface area contributed by atoms with E-state index in [1.54, 1.807) is 0 Å². The Kier molecular flexibility index (Phi) is 2.51. The van der Waals surface area contributed by atoms with Gasteiger partial charge in [-0.3, -0.25) is 4.79 Å². The normalized spacial score (nSPS) is 19.7. The maximum atomic E-state index is 11.4. The molecule has 0 aliphatic heterocycles. The molecule has 0 fully saturated rings. The molecule has 1 amide bonds. The Labute approximate surface area is 90.5 Å². The largest absolute Gasteiger partial charge is 0.369 e. The highest BCUT2D eigenvalue weighted by Crippen LogP contribution is 2.34. The van der Waals surface area contributed by atoms with E-state index in [1.165, 1.54) is 22.3 Å². The Hall–Kier alpha value is -1.31. The number of nitrogens with two attached hydrogens (primary N) is 1. The number of carbonyl (C=O) groups excluding carboxylic acids is 1. The highest BCUT2D eigenvalue weighted by atomic mass is 16.1. The minimum Gasteiger partial charge on any atom is -0.369 e. The number of hydrogen-bond donors (Lipinski definition) is 1. The summed E-state index contributed by atoms with van der Waals surface area (Å²) in [5.41, 5.74) is 10.5. The SMILES string of the molecule is Cc1ccc2c(c1C)C(C(N)=O)CCC2. The monoisotopic (exact) mass is 203 g/mol. The fourth-order valence-corrected chi connectivity index (χ4v) is 2.52. The average Bonchev–Trinajstić information content (AvgIpc) is 2.23. The van der Waals surface area contributed by atoms with Gasteiger partial charge in [0.1, 0.15) is 0 Å². The van der Waals surface area contributed by atoms with Crippen LogP contribution < -0.4 is 5.73 Å². The first-order valence-corrected chi connectivity index (χ1v) is 5.49. The molecule has 80 valence electrons. The predicted molar refractivity (Wildman–Crippen MR) is 60.8 cm³/mol. The second kappa shape index (κ2) is 3.69. The number of rotatable bonds is 1. The summed E-state index contributed by atoms with van der Waals surface area (Å²) in [7, 11) is 0. The van der Waals surface area contributed by atoms with Gasteiger partial charge in [-0.2, -0.15) is 0 Å². The van der Waals surface area contributed by atoms with Crippen LogP contribution >= 0.6 is 0 Å². The third kappa shape index (κ3) is 1.65. The minimum atomic E-state index is -0.176. The first-order valence-electron chi connectivity index (χ1n) is 5.49. The first-order chi connectivity index (χ1) is 7.11. The molecule has 0 radical (unpaired) electrons. The number of primary amides is 1. The van der Waals surface area contributed by atoms with Crippen LogP contribution in [0.15, 0.2) is 12.1 Å². The standard InChI is InChI=1S/C13H17NO/c1-8-6-7-10-4-3-5-11(13(14)15)12(10)9(8)2/h6-7,11H,3-5H2,1-2H3,(H2,14,15).